The van der Waals surface area contributed by atoms with E-state index in [0.29, 0.717) is 6.54 Å². The molecule has 1 atom stereocenters. The van der Waals surface area contributed by atoms with Crippen molar-refractivity contribution in [2.45, 2.75) is 25.8 Å². The van der Waals surface area contributed by atoms with Crippen LogP contribution >= 0.6 is 0 Å². The van der Waals surface area contributed by atoms with E-state index in [4.69, 9.17) is 0 Å². The molecule has 164 valence electrons. The van der Waals surface area contributed by atoms with Crippen molar-refractivity contribution in [1.82, 2.24) is 14.7 Å². The highest BCUT2D eigenvalue weighted by molar-refractivity contribution is 5.98. The summed E-state index contributed by atoms with van der Waals surface area (Å²) in [6, 6.07) is 17.8. The summed E-state index contributed by atoms with van der Waals surface area (Å²) >= 11 is 0. The Balaban J connectivity index is 1.31. The van der Waals surface area contributed by atoms with Crippen molar-refractivity contribution in [1.29, 1.82) is 0 Å². The molecule has 6 heteroatoms. The zero-order chi connectivity index (χ0) is 21.6. The summed E-state index contributed by atoms with van der Waals surface area (Å²) in [7, 11) is 0. The summed E-state index contributed by atoms with van der Waals surface area (Å²) in [4.78, 5) is 31.8. The molecular formula is C25H32N4O2. The van der Waals surface area contributed by atoms with E-state index in [1.54, 1.807) is 0 Å². The molecule has 1 unspecified atom stereocenters. The van der Waals surface area contributed by atoms with Crippen LogP contribution in [0.15, 0.2) is 54.6 Å². The minimum absolute atomic E-state index is 0.00461. The Labute approximate surface area is 184 Å². The largest absolute Gasteiger partial charge is 0.342 e. The van der Waals surface area contributed by atoms with E-state index >= 15 is 0 Å². The van der Waals surface area contributed by atoms with Gasteiger partial charge in [-0.05, 0) is 31.4 Å². The van der Waals surface area contributed by atoms with Gasteiger partial charge in [0.2, 0.25) is 11.8 Å². The minimum Gasteiger partial charge on any atom is -0.342 e. The van der Waals surface area contributed by atoms with Crippen LogP contribution in [0, 0.1) is 0 Å². The van der Waals surface area contributed by atoms with Gasteiger partial charge in [0, 0.05) is 50.5 Å². The highest BCUT2D eigenvalue weighted by atomic mass is 16.2. The van der Waals surface area contributed by atoms with E-state index in [1.807, 2.05) is 54.3 Å². The van der Waals surface area contributed by atoms with Gasteiger partial charge in [-0.25, -0.2) is 0 Å². The number of rotatable bonds is 6. The molecule has 2 aromatic carbocycles. The first-order valence-corrected chi connectivity index (χ1v) is 11.3. The van der Waals surface area contributed by atoms with E-state index in [-0.39, 0.29) is 17.9 Å². The quantitative estimate of drug-likeness (QED) is 0.781. The lowest BCUT2D eigenvalue weighted by Gasteiger charge is -2.37. The molecule has 1 N–H and O–H groups in total. The Morgan fingerprint density at radius 3 is 2.23 bits per heavy atom. The molecule has 0 aromatic heterocycles. The van der Waals surface area contributed by atoms with Crippen LogP contribution in [-0.4, -0.2) is 78.4 Å². The first-order chi connectivity index (χ1) is 15.1. The van der Waals surface area contributed by atoms with Crippen LogP contribution in [0.4, 0.5) is 5.69 Å². The van der Waals surface area contributed by atoms with Gasteiger partial charge in [-0.2, -0.15) is 0 Å². The number of carbonyl (C=O) groups excluding carboxylic acids is 2. The number of hydrogen-bond acceptors (Lipinski definition) is 4. The number of nitrogens with zero attached hydrogens (tertiary/aromatic N) is 3. The van der Waals surface area contributed by atoms with Gasteiger partial charge in [0.15, 0.2) is 0 Å². The first kappa shape index (κ1) is 21.5. The van der Waals surface area contributed by atoms with Crippen molar-refractivity contribution in [3.8, 4) is 11.1 Å². The van der Waals surface area contributed by atoms with Crippen LogP contribution in [0.25, 0.3) is 11.1 Å². The average molecular weight is 421 g/mol. The summed E-state index contributed by atoms with van der Waals surface area (Å²) < 4.78 is 0. The first-order valence-electron chi connectivity index (χ1n) is 11.3. The average Bonchev–Trinajstić information content (AvgIpc) is 3.35. The topological polar surface area (TPSA) is 55.9 Å². The van der Waals surface area contributed by atoms with Gasteiger partial charge in [0.25, 0.3) is 0 Å². The molecule has 31 heavy (non-hydrogen) atoms. The van der Waals surface area contributed by atoms with Crippen LogP contribution in [0.5, 0.6) is 0 Å². The van der Waals surface area contributed by atoms with E-state index in [1.165, 1.54) is 0 Å². The summed E-state index contributed by atoms with van der Waals surface area (Å²) in [6.07, 6.45) is 2.25. The number of piperazine rings is 1. The molecule has 2 saturated heterocycles. The molecule has 0 aliphatic carbocycles. The second-order valence-electron chi connectivity index (χ2n) is 8.48. The van der Waals surface area contributed by atoms with Crippen LogP contribution in [0.2, 0.25) is 0 Å². The van der Waals surface area contributed by atoms with Gasteiger partial charge in [-0.15, -0.1) is 0 Å². The number of likely N-dealkylation sites (tertiary alicyclic amines) is 1. The van der Waals surface area contributed by atoms with Crippen molar-refractivity contribution in [2.24, 2.45) is 0 Å². The maximum absolute atomic E-state index is 13.0. The summed E-state index contributed by atoms with van der Waals surface area (Å²) in [6.45, 7) is 7.49. The smallest absolute Gasteiger partial charge is 0.241 e. The van der Waals surface area contributed by atoms with Gasteiger partial charge >= 0.3 is 0 Å². The van der Waals surface area contributed by atoms with Crippen LogP contribution in [0.1, 0.15) is 19.8 Å². The Hall–Kier alpha value is -2.70. The van der Waals surface area contributed by atoms with Crippen molar-refractivity contribution in [3.05, 3.63) is 54.6 Å². The van der Waals surface area contributed by atoms with Gasteiger partial charge in [-0.3, -0.25) is 19.4 Å². The van der Waals surface area contributed by atoms with Crippen molar-refractivity contribution >= 4 is 17.5 Å². The summed E-state index contributed by atoms with van der Waals surface area (Å²) in [5.41, 5.74) is 2.94. The van der Waals surface area contributed by atoms with Gasteiger partial charge in [0.1, 0.15) is 0 Å². The minimum atomic E-state index is -0.222. The molecule has 4 rings (SSSR count). The molecule has 0 bridgehead atoms. The Kier molecular flexibility index (Phi) is 6.99. The van der Waals surface area contributed by atoms with E-state index in [2.05, 4.69) is 27.2 Å². The molecule has 0 saturated carbocycles. The number of nitrogens with one attached hydrogen (secondary N) is 1. The molecular weight excluding hydrogens is 388 g/mol. The lowest BCUT2D eigenvalue weighted by Crippen LogP contribution is -2.54. The third-order valence-corrected chi connectivity index (χ3v) is 6.42. The fraction of sp³-hybridized carbons (Fsp3) is 0.440. The Bertz CT molecular complexity index is 887. The van der Waals surface area contributed by atoms with Crippen LogP contribution < -0.4 is 5.32 Å². The Morgan fingerprint density at radius 1 is 0.871 bits per heavy atom. The highest BCUT2D eigenvalue weighted by Crippen LogP contribution is 2.27. The highest BCUT2D eigenvalue weighted by Gasteiger charge is 2.28. The molecule has 2 amide bonds. The molecule has 6 nitrogen and oxygen atoms in total. The number of amides is 2. The zero-order valence-electron chi connectivity index (χ0n) is 18.3. The fourth-order valence-electron chi connectivity index (χ4n) is 4.43. The lowest BCUT2D eigenvalue weighted by atomic mass is 10.0. The van der Waals surface area contributed by atoms with Crippen LogP contribution in [-0.2, 0) is 9.59 Å². The molecule has 2 aliphatic heterocycles. The second kappa shape index (κ2) is 10.1. The number of anilines is 1. The molecule has 2 fully saturated rings. The van der Waals surface area contributed by atoms with E-state index in [0.717, 1.165) is 68.9 Å². The molecule has 2 aliphatic rings. The SMILES string of the molecule is CC(C(=O)Nc1ccccc1-c1ccccc1)N1CCN(CC(=O)N2CCCC2)CC1. The van der Waals surface area contributed by atoms with Crippen molar-refractivity contribution in [2.75, 3.05) is 51.1 Å². The fourth-order valence-corrected chi connectivity index (χ4v) is 4.43. The van der Waals surface area contributed by atoms with Crippen molar-refractivity contribution in [3.63, 3.8) is 0 Å². The molecule has 2 heterocycles. The zero-order valence-corrected chi connectivity index (χ0v) is 18.3. The van der Waals surface area contributed by atoms with Gasteiger partial charge in [-0.1, -0.05) is 48.5 Å². The molecule has 0 spiro atoms. The maximum Gasteiger partial charge on any atom is 0.241 e. The standard InChI is InChI=1S/C25H32N4O2/c1-20(28-17-15-27(16-18-28)19-24(30)29-13-7-8-14-29)25(31)26-23-12-6-5-11-22(23)21-9-3-2-4-10-21/h2-6,9-12,20H,7-8,13-19H2,1H3,(H,26,31). The second-order valence-corrected chi connectivity index (χ2v) is 8.48. The number of carbonyl (C=O) groups is 2. The lowest BCUT2D eigenvalue weighted by molar-refractivity contribution is -0.132. The predicted molar refractivity (Wildman–Crippen MR) is 124 cm³/mol. The third-order valence-electron chi connectivity index (χ3n) is 6.42. The maximum atomic E-state index is 13.0. The normalized spacial score (nSPS) is 18.7. The van der Waals surface area contributed by atoms with Crippen LogP contribution in [0.3, 0.4) is 0 Å². The number of para-hydroxylation sites is 1. The van der Waals surface area contributed by atoms with Gasteiger partial charge in [0.05, 0.1) is 12.6 Å². The summed E-state index contributed by atoms with van der Waals surface area (Å²) in [5.74, 6) is 0.249. The molecule has 0 radical (unpaired) electrons. The van der Waals surface area contributed by atoms with E-state index in [9.17, 15) is 9.59 Å². The van der Waals surface area contributed by atoms with Crippen molar-refractivity contribution < 1.29 is 9.59 Å². The van der Waals surface area contributed by atoms with Gasteiger partial charge < -0.3 is 10.2 Å². The number of benzene rings is 2. The Morgan fingerprint density at radius 2 is 1.52 bits per heavy atom. The van der Waals surface area contributed by atoms with E-state index < -0.39 is 0 Å². The third kappa shape index (κ3) is 5.32. The predicted octanol–water partition coefficient (Wildman–Crippen LogP) is 2.92. The summed E-state index contributed by atoms with van der Waals surface area (Å²) in [5, 5.41) is 3.13. The number of hydrogen-bond donors (Lipinski definition) is 1. The molecule has 2 aromatic rings. The monoisotopic (exact) mass is 420 g/mol.